The van der Waals surface area contributed by atoms with Gasteiger partial charge in [-0.2, -0.15) is 0 Å². The first-order valence-corrected chi connectivity index (χ1v) is 11.0. The number of carbonyl (C=O) groups is 2. The number of hydrogen-bond acceptors (Lipinski definition) is 8. The molecule has 2 atom stereocenters. The molecule has 0 fully saturated rings. The molecule has 1 aromatic rings. The maximum atomic E-state index is 13.3. The Balaban J connectivity index is 2.04. The monoisotopic (exact) mass is 487 g/mol. The van der Waals surface area contributed by atoms with Gasteiger partial charge in [-0.3, -0.25) is 15.1 Å². The van der Waals surface area contributed by atoms with E-state index in [1.165, 1.54) is 25.3 Å². The Bertz CT molecular complexity index is 1180. The van der Waals surface area contributed by atoms with Crippen molar-refractivity contribution in [2.24, 2.45) is 4.99 Å². The predicted molar refractivity (Wildman–Crippen MR) is 128 cm³/mol. The maximum absolute atomic E-state index is 13.3. The lowest BCUT2D eigenvalue weighted by Gasteiger charge is -2.30. The molecule has 2 unspecified atom stereocenters. The van der Waals surface area contributed by atoms with Gasteiger partial charge in [0.15, 0.2) is 0 Å². The van der Waals surface area contributed by atoms with E-state index in [4.69, 9.17) is 21.1 Å². The first kappa shape index (κ1) is 25.2. The van der Waals surface area contributed by atoms with Crippen LogP contribution in [0.3, 0.4) is 0 Å². The van der Waals surface area contributed by atoms with Crippen molar-refractivity contribution < 1.29 is 24.0 Å². The van der Waals surface area contributed by atoms with E-state index in [0.717, 1.165) is 5.71 Å². The van der Waals surface area contributed by atoms with E-state index in [-0.39, 0.29) is 34.0 Å². The summed E-state index contributed by atoms with van der Waals surface area (Å²) in [5.41, 5.74) is 0.999. The number of nitro benzene ring substituents is 1. The largest absolute Gasteiger partial charge is 0.466 e. The number of halogens is 1. The number of ether oxygens (including phenoxy) is 2. The molecule has 0 amide bonds. The third-order valence-electron chi connectivity index (χ3n) is 5.86. The SMILES string of the molecule is COC(=O)C1=C(C)NC(C)=C(C(=O)OCCC2(C)C=CC(C)=N2)C1c1c(Cl)cccc1[N+](=O)[O-]. The van der Waals surface area contributed by atoms with Crippen molar-refractivity contribution in [2.75, 3.05) is 13.7 Å². The summed E-state index contributed by atoms with van der Waals surface area (Å²) in [5, 5.41) is 14.9. The number of nitrogens with one attached hydrogen (secondary N) is 1. The van der Waals surface area contributed by atoms with Crippen LogP contribution in [0.25, 0.3) is 0 Å². The fraction of sp³-hybridized carbons (Fsp3) is 0.375. The highest BCUT2D eigenvalue weighted by atomic mass is 35.5. The van der Waals surface area contributed by atoms with Crippen LogP contribution in [-0.2, 0) is 19.1 Å². The summed E-state index contributed by atoms with van der Waals surface area (Å²) in [6, 6.07) is 4.19. The smallest absolute Gasteiger partial charge is 0.336 e. The standard InChI is InChI=1S/C24H26ClN3O6/c1-13-9-10-24(4,27-13)11-12-34-23(30)19-15(3)26-14(2)18(22(29)33-5)21(19)20-16(25)7-6-8-17(20)28(31)32/h6-10,21,26H,11-12H2,1-5H3. The lowest BCUT2D eigenvalue weighted by atomic mass is 9.79. The lowest BCUT2D eigenvalue weighted by molar-refractivity contribution is -0.385. The van der Waals surface area contributed by atoms with Crippen LogP contribution in [0.4, 0.5) is 5.69 Å². The molecule has 0 aromatic heterocycles. The molecule has 34 heavy (non-hydrogen) atoms. The topological polar surface area (TPSA) is 120 Å². The zero-order valence-electron chi connectivity index (χ0n) is 19.6. The summed E-state index contributed by atoms with van der Waals surface area (Å²) in [7, 11) is 1.20. The summed E-state index contributed by atoms with van der Waals surface area (Å²) in [6.07, 6.45) is 4.30. The highest BCUT2D eigenvalue weighted by Crippen LogP contribution is 2.45. The number of esters is 2. The number of dihydropyridines is 1. The first-order valence-electron chi connectivity index (χ1n) is 10.6. The van der Waals surface area contributed by atoms with E-state index in [9.17, 15) is 19.7 Å². The van der Waals surface area contributed by atoms with Gasteiger partial charge in [-0.15, -0.1) is 0 Å². The minimum Gasteiger partial charge on any atom is -0.466 e. The molecule has 180 valence electrons. The quantitative estimate of drug-likeness (QED) is 0.344. The molecule has 0 aliphatic carbocycles. The third-order valence-corrected chi connectivity index (χ3v) is 6.19. The number of nitro groups is 1. The Labute approximate surface area is 202 Å². The molecule has 2 aliphatic rings. The van der Waals surface area contributed by atoms with Crippen molar-refractivity contribution in [2.45, 2.75) is 45.6 Å². The molecular weight excluding hydrogens is 462 g/mol. The summed E-state index contributed by atoms with van der Waals surface area (Å²) in [4.78, 5) is 41.9. The Morgan fingerprint density at radius 1 is 1.21 bits per heavy atom. The van der Waals surface area contributed by atoms with Gasteiger partial charge >= 0.3 is 11.9 Å². The Hall–Kier alpha value is -3.46. The number of hydrogen-bond donors (Lipinski definition) is 1. The van der Waals surface area contributed by atoms with E-state index in [0.29, 0.717) is 17.8 Å². The molecule has 0 bridgehead atoms. The molecule has 10 heteroatoms. The predicted octanol–water partition coefficient (Wildman–Crippen LogP) is 4.38. The van der Waals surface area contributed by atoms with Crippen LogP contribution in [0.1, 0.15) is 45.6 Å². The summed E-state index contributed by atoms with van der Waals surface area (Å²) in [5.74, 6) is -2.61. The van der Waals surface area contributed by atoms with E-state index >= 15 is 0 Å². The zero-order valence-corrected chi connectivity index (χ0v) is 20.4. The molecule has 0 radical (unpaired) electrons. The van der Waals surface area contributed by atoms with Crippen LogP contribution >= 0.6 is 11.6 Å². The summed E-state index contributed by atoms with van der Waals surface area (Å²) >= 11 is 6.41. The lowest BCUT2D eigenvalue weighted by Crippen LogP contribution is -2.33. The third kappa shape index (κ3) is 4.89. The molecule has 2 heterocycles. The number of methoxy groups -OCH3 is 1. The second kappa shape index (κ2) is 9.80. The minimum absolute atomic E-state index is 0.0210. The molecule has 1 aromatic carbocycles. The number of benzene rings is 1. The van der Waals surface area contributed by atoms with Crippen LogP contribution in [0.15, 0.2) is 57.9 Å². The number of rotatable bonds is 7. The minimum atomic E-state index is -1.16. The fourth-order valence-electron chi connectivity index (χ4n) is 4.25. The van der Waals surface area contributed by atoms with Gasteiger partial charge in [-0.05, 0) is 39.8 Å². The average molecular weight is 488 g/mol. The summed E-state index contributed by atoms with van der Waals surface area (Å²) < 4.78 is 10.5. The van der Waals surface area contributed by atoms with Gasteiger partial charge in [0.2, 0.25) is 0 Å². The van der Waals surface area contributed by atoms with Crippen molar-refractivity contribution in [3.05, 3.63) is 73.6 Å². The Kier molecular flexibility index (Phi) is 7.26. The molecule has 1 N–H and O–H groups in total. The van der Waals surface area contributed by atoms with Crippen LogP contribution in [-0.4, -0.2) is 41.8 Å². The maximum Gasteiger partial charge on any atom is 0.336 e. The van der Waals surface area contributed by atoms with E-state index in [2.05, 4.69) is 10.3 Å². The summed E-state index contributed by atoms with van der Waals surface area (Å²) in [6.45, 7) is 7.14. The van der Waals surface area contributed by atoms with E-state index < -0.39 is 28.3 Å². The highest BCUT2D eigenvalue weighted by Gasteiger charge is 2.42. The fourth-order valence-corrected chi connectivity index (χ4v) is 4.53. The molecule has 0 spiro atoms. The van der Waals surface area contributed by atoms with Gasteiger partial charge in [0, 0.05) is 29.6 Å². The molecule has 0 saturated heterocycles. The second-order valence-corrected chi connectivity index (χ2v) is 8.79. The molecule has 0 saturated carbocycles. The number of nitrogens with zero attached hydrogens (tertiary/aromatic N) is 2. The van der Waals surface area contributed by atoms with E-state index in [1.54, 1.807) is 13.8 Å². The van der Waals surface area contributed by atoms with Gasteiger partial charge in [0.25, 0.3) is 5.69 Å². The van der Waals surface area contributed by atoms with E-state index in [1.807, 2.05) is 26.0 Å². The van der Waals surface area contributed by atoms with Crippen molar-refractivity contribution in [3.8, 4) is 0 Å². The number of carbonyl (C=O) groups excluding carboxylic acids is 2. The normalized spacial score (nSPS) is 21.8. The molecular formula is C24H26ClN3O6. The van der Waals surface area contributed by atoms with Gasteiger partial charge < -0.3 is 14.8 Å². The molecule has 2 aliphatic heterocycles. The van der Waals surface area contributed by atoms with Crippen LogP contribution in [0.2, 0.25) is 5.02 Å². The van der Waals surface area contributed by atoms with Crippen LogP contribution in [0, 0.1) is 10.1 Å². The molecule has 3 rings (SSSR count). The van der Waals surface area contributed by atoms with Crippen molar-refractivity contribution in [3.63, 3.8) is 0 Å². The number of allylic oxidation sites excluding steroid dienone is 3. The van der Waals surface area contributed by atoms with Gasteiger partial charge in [0.05, 0.1) is 51.8 Å². The van der Waals surface area contributed by atoms with Crippen molar-refractivity contribution in [1.29, 1.82) is 0 Å². The van der Waals surface area contributed by atoms with Crippen molar-refractivity contribution in [1.82, 2.24) is 5.32 Å². The first-order chi connectivity index (χ1) is 16.0. The van der Waals surface area contributed by atoms with Gasteiger partial charge in [-0.25, -0.2) is 9.59 Å². The van der Waals surface area contributed by atoms with Crippen molar-refractivity contribution >= 4 is 34.9 Å². The average Bonchev–Trinajstić information content (AvgIpc) is 3.10. The number of aliphatic imine (C=N–C) groups is 1. The highest BCUT2D eigenvalue weighted by molar-refractivity contribution is 6.32. The van der Waals surface area contributed by atoms with Gasteiger partial charge in [-0.1, -0.05) is 23.7 Å². The van der Waals surface area contributed by atoms with Gasteiger partial charge in [0.1, 0.15) is 0 Å². The zero-order chi connectivity index (χ0) is 25.2. The van der Waals surface area contributed by atoms with Crippen LogP contribution in [0.5, 0.6) is 0 Å². The van der Waals surface area contributed by atoms with Crippen LogP contribution < -0.4 is 5.32 Å². The Morgan fingerprint density at radius 3 is 2.41 bits per heavy atom. The second-order valence-electron chi connectivity index (χ2n) is 8.39. The Morgan fingerprint density at radius 2 is 1.85 bits per heavy atom. The molecule has 9 nitrogen and oxygen atoms in total.